The van der Waals surface area contributed by atoms with Gasteiger partial charge in [0.15, 0.2) is 4.34 Å². The van der Waals surface area contributed by atoms with Crippen molar-refractivity contribution >= 4 is 34.1 Å². The molecule has 0 aliphatic rings. The van der Waals surface area contributed by atoms with E-state index in [1.165, 1.54) is 29.3 Å². The van der Waals surface area contributed by atoms with E-state index in [0.717, 1.165) is 9.90 Å². The van der Waals surface area contributed by atoms with E-state index in [0.29, 0.717) is 27.9 Å². The molecule has 0 saturated carbocycles. The van der Waals surface area contributed by atoms with Crippen LogP contribution in [0.4, 0.5) is 5.13 Å². The van der Waals surface area contributed by atoms with Crippen LogP contribution in [0, 0.1) is 11.3 Å². The van der Waals surface area contributed by atoms with Gasteiger partial charge in [-0.1, -0.05) is 35.2 Å². The van der Waals surface area contributed by atoms with Crippen LogP contribution in [0.1, 0.15) is 35.3 Å². The summed E-state index contributed by atoms with van der Waals surface area (Å²) in [5.74, 6) is 0.877. The molecule has 0 unspecified atom stereocenters. The Balaban J connectivity index is 1.54. The maximum Gasteiger partial charge on any atom is 0.259 e. The number of aromatic nitrogens is 3. The Labute approximate surface area is 170 Å². The Bertz CT molecular complexity index is 979. The lowest BCUT2D eigenvalue weighted by Gasteiger charge is -2.08. The molecule has 0 aliphatic heterocycles. The average Bonchev–Trinajstić information content (AvgIpc) is 3.14. The number of nitrogens with one attached hydrogen (secondary N) is 1. The van der Waals surface area contributed by atoms with Crippen molar-refractivity contribution in [3.8, 4) is 11.9 Å². The quantitative estimate of drug-likeness (QED) is 0.460. The highest BCUT2D eigenvalue weighted by Gasteiger charge is 2.12. The van der Waals surface area contributed by atoms with Gasteiger partial charge >= 0.3 is 0 Å². The number of carbonyl (C=O) groups excluding carboxylic acids is 1. The smallest absolute Gasteiger partial charge is 0.259 e. The number of pyridine rings is 1. The van der Waals surface area contributed by atoms with Crippen molar-refractivity contribution in [2.45, 2.75) is 30.0 Å². The molecular weight excluding hydrogens is 394 g/mol. The summed E-state index contributed by atoms with van der Waals surface area (Å²) >= 11 is 2.83. The van der Waals surface area contributed by atoms with Crippen LogP contribution in [-0.2, 0) is 5.75 Å². The van der Waals surface area contributed by atoms with Crippen LogP contribution in [0.15, 0.2) is 46.9 Å². The number of amides is 1. The average molecular weight is 412 g/mol. The number of nitriles is 1. The lowest BCUT2D eigenvalue weighted by molar-refractivity contribution is 0.102. The molecule has 0 fully saturated rings. The molecule has 28 heavy (non-hydrogen) atoms. The van der Waals surface area contributed by atoms with Gasteiger partial charge in [-0.15, -0.1) is 10.2 Å². The first-order chi connectivity index (χ1) is 13.5. The van der Waals surface area contributed by atoms with Gasteiger partial charge in [-0.3, -0.25) is 10.1 Å². The minimum absolute atomic E-state index is 0.0220. The largest absolute Gasteiger partial charge is 0.475 e. The van der Waals surface area contributed by atoms with Gasteiger partial charge in [-0.05, 0) is 37.6 Å². The minimum atomic E-state index is -0.302. The Morgan fingerprint density at radius 2 is 2.04 bits per heavy atom. The molecule has 1 amide bonds. The molecular formula is C19H17N5O2S2. The zero-order chi connectivity index (χ0) is 19.9. The van der Waals surface area contributed by atoms with Crippen LogP contribution in [0.25, 0.3) is 0 Å². The topological polar surface area (TPSA) is 101 Å². The highest BCUT2D eigenvalue weighted by molar-refractivity contribution is 8.00. The second-order valence-electron chi connectivity index (χ2n) is 5.98. The van der Waals surface area contributed by atoms with Crippen LogP contribution in [0.2, 0.25) is 0 Å². The molecule has 3 rings (SSSR count). The number of ether oxygens (including phenoxy) is 1. The lowest BCUT2D eigenvalue weighted by atomic mass is 10.2. The molecule has 0 saturated heterocycles. The maximum absolute atomic E-state index is 12.3. The Morgan fingerprint density at radius 1 is 1.25 bits per heavy atom. The molecule has 0 spiro atoms. The van der Waals surface area contributed by atoms with Gasteiger partial charge in [0.25, 0.3) is 5.91 Å². The number of nitrogens with zero attached hydrogens (tertiary/aromatic N) is 4. The van der Waals surface area contributed by atoms with Crippen molar-refractivity contribution in [3.63, 3.8) is 0 Å². The fourth-order valence-electron chi connectivity index (χ4n) is 2.13. The Hall–Kier alpha value is -2.96. The van der Waals surface area contributed by atoms with Crippen LogP contribution in [0.3, 0.4) is 0 Å². The first-order valence-electron chi connectivity index (χ1n) is 8.43. The van der Waals surface area contributed by atoms with Crippen LogP contribution in [-0.4, -0.2) is 27.2 Å². The SMILES string of the molecule is CC(C)Oc1ccc(C(=O)Nc2nnc(SCc3ccc(C#N)cc3)s2)cn1. The highest BCUT2D eigenvalue weighted by Crippen LogP contribution is 2.28. The van der Waals surface area contributed by atoms with Crippen molar-refractivity contribution in [1.82, 2.24) is 15.2 Å². The van der Waals surface area contributed by atoms with Gasteiger partial charge in [-0.2, -0.15) is 5.26 Å². The maximum atomic E-state index is 12.3. The molecule has 2 aromatic heterocycles. The summed E-state index contributed by atoms with van der Waals surface area (Å²) in [6.07, 6.45) is 1.49. The summed E-state index contributed by atoms with van der Waals surface area (Å²) < 4.78 is 6.21. The van der Waals surface area contributed by atoms with Gasteiger partial charge in [0.2, 0.25) is 11.0 Å². The first kappa shape index (κ1) is 19.8. The summed E-state index contributed by atoms with van der Waals surface area (Å²) in [4.78, 5) is 16.4. The van der Waals surface area contributed by atoms with E-state index in [1.54, 1.807) is 24.3 Å². The summed E-state index contributed by atoms with van der Waals surface area (Å²) in [6, 6.07) is 12.8. The van der Waals surface area contributed by atoms with Crippen molar-refractivity contribution in [1.29, 1.82) is 5.26 Å². The summed E-state index contributed by atoms with van der Waals surface area (Å²) in [7, 11) is 0. The standard InChI is InChI=1S/C19H17N5O2S2/c1-12(2)26-16-8-7-15(10-21-16)17(25)22-18-23-24-19(28-18)27-11-14-5-3-13(9-20)4-6-14/h3-8,10,12H,11H2,1-2H3,(H,22,23,25). The molecule has 9 heteroatoms. The van der Waals surface area contributed by atoms with Crippen LogP contribution in [0.5, 0.6) is 5.88 Å². The number of hydrogen-bond donors (Lipinski definition) is 1. The molecule has 0 atom stereocenters. The molecule has 2 heterocycles. The Kier molecular flexibility index (Phi) is 6.57. The van der Waals surface area contributed by atoms with Crippen molar-refractivity contribution in [2.24, 2.45) is 0 Å². The fraction of sp³-hybridized carbons (Fsp3) is 0.211. The number of benzene rings is 1. The van der Waals surface area contributed by atoms with Gasteiger partial charge < -0.3 is 4.74 Å². The van der Waals surface area contributed by atoms with E-state index in [2.05, 4.69) is 26.6 Å². The third kappa shape index (κ3) is 5.52. The number of rotatable bonds is 7. The van der Waals surface area contributed by atoms with Gasteiger partial charge in [0.05, 0.1) is 23.3 Å². The van der Waals surface area contributed by atoms with Gasteiger partial charge in [0.1, 0.15) is 0 Å². The summed E-state index contributed by atoms with van der Waals surface area (Å²) in [5.41, 5.74) is 2.13. The predicted molar refractivity (Wildman–Crippen MR) is 109 cm³/mol. The Morgan fingerprint density at radius 3 is 2.68 bits per heavy atom. The van der Waals surface area contributed by atoms with Crippen LogP contribution < -0.4 is 10.1 Å². The van der Waals surface area contributed by atoms with Crippen molar-refractivity contribution in [3.05, 3.63) is 59.3 Å². The normalized spacial score (nSPS) is 10.5. The van der Waals surface area contributed by atoms with E-state index < -0.39 is 0 Å². The molecule has 1 N–H and O–H groups in total. The van der Waals surface area contributed by atoms with E-state index in [1.807, 2.05) is 26.0 Å². The zero-order valence-electron chi connectivity index (χ0n) is 15.2. The van der Waals surface area contributed by atoms with Crippen molar-refractivity contribution in [2.75, 3.05) is 5.32 Å². The highest BCUT2D eigenvalue weighted by atomic mass is 32.2. The molecule has 0 aliphatic carbocycles. The van der Waals surface area contributed by atoms with Crippen molar-refractivity contribution < 1.29 is 9.53 Å². The van der Waals surface area contributed by atoms with E-state index in [-0.39, 0.29) is 12.0 Å². The number of carbonyl (C=O) groups is 1. The molecule has 142 valence electrons. The lowest BCUT2D eigenvalue weighted by Crippen LogP contribution is -2.12. The van der Waals surface area contributed by atoms with E-state index >= 15 is 0 Å². The van der Waals surface area contributed by atoms with Crippen LogP contribution >= 0.6 is 23.1 Å². The number of hydrogen-bond acceptors (Lipinski definition) is 8. The van der Waals surface area contributed by atoms with E-state index in [9.17, 15) is 4.79 Å². The third-order valence-electron chi connectivity index (χ3n) is 3.43. The molecule has 7 nitrogen and oxygen atoms in total. The van der Waals surface area contributed by atoms with Gasteiger partial charge in [-0.25, -0.2) is 4.98 Å². The molecule has 0 bridgehead atoms. The predicted octanol–water partition coefficient (Wildman–Crippen LogP) is 4.14. The summed E-state index contributed by atoms with van der Waals surface area (Å²) in [5, 5.41) is 20.1. The zero-order valence-corrected chi connectivity index (χ0v) is 16.9. The number of thioether (sulfide) groups is 1. The second kappa shape index (κ2) is 9.30. The van der Waals surface area contributed by atoms with Gasteiger partial charge in [0, 0.05) is 18.0 Å². The number of anilines is 1. The molecule has 0 radical (unpaired) electrons. The minimum Gasteiger partial charge on any atom is -0.475 e. The fourth-order valence-corrected chi connectivity index (χ4v) is 3.84. The third-order valence-corrected chi connectivity index (χ3v) is 5.47. The van der Waals surface area contributed by atoms with E-state index in [4.69, 9.17) is 10.00 Å². The molecule has 1 aromatic carbocycles. The first-order valence-corrected chi connectivity index (χ1v) is 10.2. The monoisotopic (exact) mass is 411 g/mol. The summed E-state index contributed by atoms with van der Waals surface area (Å²) in [6.45, 7) is 3.82. The molecule has 3 aromatic rings. The second-order valence-corrected chi connectivity index (χ2v) is 8.18.